The summed E-state index contributed by atoms with van der Waals surface area (Å²) in [6.07, 6.45) is 11.2. The zero-order chi connectivity index (χ0) is 21.4. The van der Waals surface area contributed by atoms with Gasteiger partial charge in [-0.25, -0.2) is 0 Å². The second kappa shape index (κ2) is 8.68. The molecule has 0 aromatic carbocycles. The van der Waals surface area contributed by atoms with E-state index < -0.39 is 8.32 Å². The summed E-state index contributed by atoms with van der Waals surface area (Å²) in [6, 6.07) is 0. The Morgan fingerprint density at radius 2 is 2.00 bits per heavy atom. The van der Waals surface area contributed by atoms with Crippen LogP contribution in [0.25, 0.3) is 0 Å². The first-order valence-corrected chi connectivity index (χ1v) is 14.3. The number of allylic oxidation sites excluding steroid dienone is 3. The zero-order valence-electron chi connectivity index (χ0n) is 19.1. The number of aliphatic hydroxyl groups is 1. The first-order valence-electron chi connectivity index (χ1n) is 11.4. The molecule has 3 rings (SSSR count). The van der Waals surface area contributed by atoms with Crippen LogP contribution in [0.1, 0.15) is 66.2 Å². The molecule has 0 aromatic rings. The lowest BCUT2D eigenvalue weighted by Gasteiger charge is -2.42. The van der Waals surface area contributed by atoms with Crippen molar-refractivity contribution < 1.29 is 19.1 Å². The highest BCUT2D eigenvalue weighted by atomic mass is 28.4. The summed E-state index contributed by atoms with van der Waals surface area (Å²) in [5.41, 5.74) is 1.30. The Labute approximate surface area is 177 Å². The standard InChI is InChI=1S/C24H40O4Si/c1-16-10-11-17-8-7-9-21(25)23(17)20(16)13-12-18-14-19(15-22(26)27-18)28-29(5,6)24(2,3)4/h8,10-11,16,18-21,23,25H,7,9,12-15H2,1-6H3/t16-,18+,19+,20-,21-,23-/m0/s1. The van der Waals surface area contributed by atoms with E-state index in [0.29, 0.717) is 18.3 Å². The van der Waals surface area contributed by atoms with Gasteiger partial charge in [0.1, 0.15) is 6.10 Å². The average Bonchev–Trinajstić information content (AvgIpc) is 2.59. The van der Waals surface area contributed by atoms with Crippen LogP contribution in [0.4, 0.5) is 0 Å². The van der Waals surface area contributed by atoms with Crippen molar-refractivity contribution in [2.24, 2.45) is 17.8 Å². The van der Waals surface area contributed by atoms with Crippen LogP contribution < -0.4 is 0 Å². The number of esters is 1. The third-order valence-electron chi connectivity index (χ3n) is 7.68. The van der Waals surface area contributed by atoms with Crippen LogP contribution in [-0.4, -0.2) is 37.7 Å². The third kappa shape index (κ3) is 5.23. The Hall–Kier alpha value is -0.913. The van der Waals surface area contributed by atoms with E-state index in [4.69, 9.17) is 9.16 Å². The fourth-order valence-corrected chi connectivity index (χ4v) is 6.29. The quantitative estimate of drug-likeness (QED) is 0.479. The van der Waals surface area contributed by atoms with E-state index in [1.54, 1.807) is 0 Å². The molecule has 1 saturated heterocycles. The van der Waals surface area contributed by atoms with E-state index in [-0.39, 0.29) is 35.2 Å². The zero-order valence-corrected chi connectivity index (χ0v) is 20.1. The van der Waals surface area contributed by atoms with Gasteiger partial charge in [-0.1, -0.05) is 45.9 Å². The minimum Gasteiger partial charge on any atom is -0.462 e. The van der Waals surface area contributed by atoms with Crippen LogP contribution in [0.15, 0.2) is 23.8 Å². The molecule has 164 valence electrons. The molecular formula is C24H40O4Si. The molecule has 3 aliphatic rings. The summed E-state index contributed by atoms with van der Waals surface area (Å²) < 4.78 is 12.2. The molecule has 0 bridgehead atoms. The van der Waals surface area contributed by atoms with Crippen molar-refractivity contribution in [3.8, 4) is 0 Å². The van der Waals surface area contributed by atoms with Gasteiger partial charge in [0.25, 0.3) is 0 Å². The maximum atomic E-state index is 12.3. The van der Waals surface area contributed by atoms with Crippen LogP contribution in [-0.2, 0) is 14.0 Å². The predicted octanol–water partition coefficient (Wildman–Crippen LogP) is 5.38. The molecule has 1 heterocycles. The maximum absolute atomic E-state index is 12.3. The van der Waals surface area contributed by atoms with Gasteiger partial charge in [-0.2, -0.15) is 0 Å². The SMILES string of the molecule is C[C@H]1C=CC2=CCC[C@H](O)[C@@H]2[C@H]1CC[C@@H]1C[C@@H](O[Si](C)(C)C(C)(C)C)CC(=O)O1. The minimum absolute atomic E-state index is 0.0263. The number of aliphatic hydroxyl groups excluding tert-OH is 1. The molecule has 1 fully saturated rings. The van der Waals surface area contributed by atoms with Crippen LogP contribution in [0, 0.1) is 17.8 Å². The Bertz CT molecular complexity index is 660. The summed E-state index contributed by atoms with van der Waals surface area (Å²) in [6.45, 7) is 13.4. The van der Waals surface area contributed by atoms with Gasteiger partial charge in [-0.15, -0.1) is 0 Å². The largest absolute Gasteiger partial charge is 0.462 e. The Balaban J connectivity index is 1.62. The summed E-state index contributed by atoms with van der Waals surface area (Å²) in [5, 5.41) is 10.8. The van der Waals surface area contributed by atoms with Crippen LogP contribution in [0.3, 0.4) is 0 Å². The van der Waals surface area contributed by atoms with Crippen molar-refractivity contribution >= 4 is 14.3 Å². The van der Waals surface area contributed by atoms with Gasteiger partial charge >= 0.3 is 5.97 Å². The summed E-state index contributed by atoms with van der Waals surface area (Å²) >= 11 is 0. The fourth-order valence-electron chi connectivity index (χ4n) is 4.93. The van der Waals surface area contributed by atoms with Crippen molar-refractivity contribution in [2.45, 2.75) is 103 Å². The van der Waals surface area contributed by atoms with Gasteiger partial charge in [0.15, 0.2) is 8.32 Å². The normalized spacial score (nSPS) is 35.7. The van der Waals surface area contributed by atoms with Gasteiger partial charge in [-0.05, 0) is 61.2 Å². The minimum atomic E-state index is -1.91. The van der Waals surface area contributed by atoms with Crippen LogP contribution >= 0.6 is 0 Å². The number of hydrogen-bond donors (Lipinski definition) is 1. The van der Waals surface area contributed by atoms with Crippen LogP contribution in [0.2, 0.25) is 18.1 Å². The third-order valence-corrected chi connectivity index (χ3v) is 12.2. The van der Waals surface area contributed by atoms with Crippen molar-refractivity contribution in [1.82, 2.24) is 0 Å². The fraction of sp³-hybridized carbons (Fsp3) is 0.792. The molecule has 6 atom stereocenters. The van der Waals surface area contributed by atoms with E-state index >= 15 is 0 Å². The second-order valence-corrected chi connectivity index (χ2v) is 15.6. The van der Waals surface area contributed by atoms with Gasteiger partial charge in [0.05, 0.1) is 18.6 Å². The van der Waals surface area contributed by atoms with E-state index in [9.17, 15) is 9.90 Å². The lowest BCUT2D eigenvalue weighted by molar-refractivity contribution is -0.160. The highest BCUT2D eigenvalue weighted by Crippen LogP contribution is 2.43. The van der Waals surface area contributed by atoms with E-state index in [1.165, 1.54) is 5.57 Å². The highest BCUT2D eigenvalue weighted by Gasteiger charge is 2.42. The van der Waals surface area contributed by atoms with Crippen LogP contribution in [0.5, 0.6) is 0 Å². The molecule has 29 heavy (non-hydrogen) atoms. The molecule has 0 radical (unpaired) electrons. The van der Waals surface area contributed by atoms with E-state index in [2.05, 4.69) is 59.0 Å². The van der Waals surface area contributed by atoms with Crippen molar-refractivity contribution in [3.63, 3.8) is 0 Å². The van der Waals surface area contributed by atoms with Gasteiger partial charge in [0, 0.05) is 12.3 Å². The lowest BCUT2D eigenvalue weighted by Crippen LogP contribution is -2.47. The maximum Gasteiger partial charge on any atom is 0.308 e. The molecule has 0 spiro atoms. The number of rotatable bonds is 5. The molecule has 0 amide bonds. The van der Waals surface area contributed by atoms with Crippen molar-refractivity contribution in [2.75, 3.05) is 0 Å². The topological polar surface area (TPSA) is 55.8 Å². The predicted molar refractivity (Wildman–Crippen MR) is 119 cm³/mol. The monoisotopic (exact) mass is 420 g/mol. The lowest BCUT2D eigenvalue weighted by atomic mass is 9.66. The van der Waals surface area contributed by atoms with E-state index in [1.807, 2.05) is 0 Å². The molecule has 0 saturated carbocycles. The summed E-state index contributed by atoms with van der Waals surface area (Å²) in [5.74, 6) is 0.938. The molecule has 4 nitrogen and oxygen atoms in total. The van der Waals surface area contributed by atoms with Crippen molar-refractivity contribution in [1.29, 1.82) is 0 Å². The number of carbonyl (C=O) groups excluding carboxylic acids is 1. The summed E-state index contributed by atoms with van der Waals surface area (Å²) in [4.78, 5) is 12.3. The Morgan fingerprint density at radius 1 is 1.28 bits per heavy atom. The van der Waals surface area contributed by atoms with Gasteiger partial charge in [-0.3, -0.25) is 4.79 Å². The Kier molecular flexibility index (Phi) is 6.81. The number of cyclic esters (lactones) is 1. The van der Waals surface area contributed by atoms with Crippen molar-refractivity contribution in [3.05, 3.63) is 23.8 Å². The Morgan fingerprint density at radius 3 is 2.69 bits per heavy atom. The molecule has 5 heteroatoms. The first-order chi connectivity index (χ1) is 13.5. The molecule has 1 N–H and O–H groups in total. The molecular weight excluding hydrogens is 380 g/mol. The molecule has 0 aromatic heterocycles. The first kappa shape index (κ1) is 22.8. The molecule has 1 aliphatic heterocycles. The number of hydrogen-bond acceptors (Lipinski definition) is 4. The smallest absolute Gasteiger partial charge is 0.308 e. The summed E-state index contributed by atoms with van der Waals surface area (Å²) in [7, 11) is -1.91. The number of ether oxygens (including phenoxy) is 1. The van der Waals surface area contributed by atoms with Gasteiger partial charge < -0.3 is 14.3 Å². The van der Waals surface area contributed by atoms with Gasteiger partial charge in [0.2, 0.25) is 0 Å². The molecule has 2 aliphatic carbocycles. The number of carbonyl (C=O) groups is 1. The van der Waals surface area contributed by atoms with E-state index in [0.717, 1.165) is 32.1 Å². The average molecular weight is 421 g/mol. The second-order valence-electron chi connectivity index (χ2n) is 10.9. The molecule has 0 unspecified atom stereocenters. The highest BCUT2D eigenvalue weighted by molar-refractivity contribution is 6.74. The number of fused-ring (bicyclic) bond motifs is 1.